The summed E-state index contributed by atoms with van der Waals surface area (Å²) in [6.45, 7) is 4.96. The number of methoxy groups -OCH3 is 2. The lowest BCUT2D eigenvalue weighted by atomic mass is 9.75. The smallest absolute Gasteiger partial charge is 0.188 e. The Kier molecular flexibility index (Phi) is 12.0. The minimum Gasteiger partial charge on any atom is -0.495 e. The summed E-state index contributed by atoms with van der Waals surface area (Å²) in [4.78, 5) is 16.4. The van der Waals surface area contributed by atoms with E-state index in [1.54, 1.807) is 39.0 Å². The zero-order valence-corrected chi connectivity index (χ0v) is 25.8. The summed E-state index contributed by atoms with van der Waals surface area (Å²) in [5.41, 5.74) is 5.87. The van der Waals surface area contributed by atoms with Gasteiger partial charge in [-0.1, -0.05) is 6.07 Å². The molecule has 2 saturated heterocycles. The molecule has 44 heavy (non-hydrogen) atoms. The van der Waals surface area contributed by atoms with E-state index in [2.05, 4.69) is 55.0 Å². The van der Waals surface area contributed by atoms with Gasteiger partial charge in [-0.05, 0) is 116 Å². The average molecular weight is 597 g/mol. The summed E-state index contributed by atoms with van der Waals surface area (Å²) in [7, 11) is 3.20. The normalized spacial score (nSPS) is 22.0. The van der Waals surface area contributed by atoms with Crippen LogP contribution in [0.1, 0.15) is 47.1 Å². The van der Waals surface area contributed by atoms with E-state index in [0.717, 1.165) is 48.3 Å². The second kappa shape index (κ2) is 16.8. The van der Waals surface area contributed by atoms with Crippen molar-refractivity contribution in [1.82, 2.24) is 30.6 Å². The molecule has 0 amide bonds. The number of pyridine rings is 4. The number of hydrogen-bond acceptors (Lipinski definition) is 9. The fourth-order valence-electron chi connectivity index (χ4n) is 6.44. The summed E-state index contributed by atoms with van der Waals surface area (Å²) in [5, 5.41) is 7.00. The molecule has 8 rings (SSSR count). The maximum atomic E-state index is 5.07. The zero-order chi connectivity index (χ0) is 30.4. The minimum atomic E-state index is 0.270. The lowest BCUT2D eigenvalue weighted by Gasteiger charge is -2.36. The largest absolute Gasteiger partial charge is 0.495 e. The van der Waals surface area contributed by atoms with Crippen molar-refractivity contribution in [2.24, 2.45) is 11.8 Å². The van der Waals surface area contributed by atoms with E-state index in [1.807, 2.05) is 36.7 Å². The van der Waals surface area contributed by atoms with E-state index in [-0.39, 0.29) is 6.79 Å². The molecule has 4 atom stereocenters. The van der Waals surface area contributed by atoms with Gasteiger partial charge in [0.1, 0.15) is 11.5 Å². The number of aromatic nitrogens is 4. The second-order valence-corrected chi connectivity index (χ2v) is 11.6. The van der Waals surface area contributed by atoms with Crippen LogP contribution in [-0.4, -0.2) is 67.1 Å². The molecule has 0 saturated carbocycles. The highest BCUT2D eigenvalue weighted by molar-refractivity contribution is 5.31. The van der Waals surface area contributed by atoms with Gasteiger partial charge < -0.3 is 24.8 Å². The summed E-state index contributed by atoms with van der Waals surface area (Å²) >= 11 is 0. The molecule has 2 aliphatic carbocycles. The Morgan fingerprint density at radius 1 is 0.682 bits per heavy atom. The predicted octanol–water partition coefficient (Wildman–Crippen LogP) is 4.82. The highest BCUT2D eigenvalue weighted by Gasteiger charge is 2.31. The first kappa shape index (κ1) is 31.5. The fourth-order valence-corrected chi connectivity index (χ4v) is 6.44. The number of ether oxygens (including phenoxy) is 3. The summed E-state index contributed by atoms with van der Waals surface area (Å²) in [5.74, 6) is 4.69. The molecule has 4 aliphatic rings. The highest BCUT2D eigenvalue weighted by Crippen LogP contribution is 2.36. The Balaban J connectivity index is 0.000000119. The van der Waals surface area contributed by atoms with Crippen LogP contribution in [0.25, 0.3) is 0 Å². The summed E-state index contributed by atoms with van der Waals surface area (Å²) in [6.07, 6.45) is 17.8. The fraction of sp³-hybridized carbons (Fsp3) is 0.429. The first-order valence-corrected chi connectivity index (χ1v) is 15.5. The van der Waals surface area contributed by atoms with Gasteiger partial charge in [-0.25, -0.2) is 0 Å². The molecule has 4 bridgehead atoms. The van der Waals surface area contributed by atoms with Crippen molar-refractivity contribution in [1.29, 1.82) is 0 Å². The lowest BCUT2D eigenvalue weighted by Crippen LogP contribution is -2.39. The monoisotopic (exact) mass is 596 g/mol. The number of rotatable bonds is 4. The van der Waals surface area contributed by atoms with Gasteiger partial charge in [0.25, 0.3) is 0 Å². The van der Waals surface area contributed by atoms with Crippen LogP contribution in [0.15, 0.2) is 85.8 Å². The van der Waals surface area contributed by atoms with Crippen molar-refractivity contribution in [2.45, 2.75) is 37.5 Å². The zero-order valence-electron chi connectivity index (χ0n) is 25.8. The third-order valence-corrected chi connectivity index (χ3v) is 8.47. The van der Waals surface area contributed by atoms with Crippen LogP contribution in [0.2, 0.25) is 0 Å². The Labute approximate surface area is 260 Å². The molecule has 2 aliphatic heterocycles. The molecule has 4 aromatic rings. The van der Waals surface area contributed by atoms with Crippen molar-refractivity contribution in [3.8, 4) is 11.5 Å². The maximum Gasteiger partial charge on any atom is 0.188 e. The first-order chi connectivity index (χ1) is 21.7. The molecule has 4 unspecified atom stereocenters. The third kappa shape index (κ3) is 9.05. The molecule has 4 aromatic heterocycles. The van der Waals surface area contributed by atoms with Gasteiger partial charge >= 0.3 is 0 Å². The molecule has 6 heterocycles. The van der Waals surface area contributed by atoms with Gasteiger partial charge in [-0.3, -0.25) is 19.9 Å². The minimum absolute atomic E-state index is 0.270. The maximum absolute atomic E-state index is 5.07. The standard InChI is InChI=1S/2C11H14N2.C7H9NO2.C6H7NO/c1-2-12-7-11-9(1)3-8-4-10(11)6-13-5-8;1-2-10-9-4-8(6-12-7-9)5-11(10)13-3-1;1-9-6-10-7-3-2-4-8-5-7;1-8-6-3-2-4-7-5-6/h1-2,7-8,10,13H,3-6H2;1-3,8-9,12H,4-7H2;2-5H,6H2,1H3;2-5H,1H3. The topological polar surface area (TPSA) is 103 Å². The Hall–Kier alpha value is -3.92. The van der Waals surface area contributed by atoms with Gasteiger partial charge in [0.2, 0.25) is 0 Å². The third-order valence-electron chi connectivity index (χ3n) is 8.47. The second-order valence-electron chi connectivity index (χ2n) is 11.6. The number of nitrogens with zero attached hydrogens (tertiary/aromatic N) is 4. The van der Waals surface area contributed by atoms with E-state index in [0.29, 0.717) is 0 Å². The van der Waals surface area contributed by atoms with E-state index < -0.39 is 0 Å². The van der Waals surface area contributed by atoms with E-state index in [4.69, 9.17) is 14.2 Å². The number of nitrogens with one attached hydrogen (secondary N) is 2. The van der Waals surface area contributed by atoms with Crippen LogP contribution < -0.4 is 20.1 Å². The Bertz CT molecular complexity index is 1330. The van der Waals surface area contributed by atoms with Gasteiger partial charge in [-0.2, -0.15) is 0 Å². The molecule has 9 heteroatoms. The Morgan fingerprint density at radius 3 is 2.00 bits per heavy atom. The molecular weight excluding hydrogens is 552 g/mol. The van der Waals surface area contributed by atoms with Crippen LogP contribution >= 0.6 is 0 Å². The molecule has 9 nitrogen and oxygen atoms in total. The van der Waals surface area contributed by atoms with Crippen molar-refractivity contribution < 1.29 is 14.2 Å². The molecule has 0 radical (unpaired) electrons. The molecule has 2 fully saturated rings. The van der Waals surface area contributed by atoms with Crippen LogP contribution in [-0.2, 0) is 17.6 Å². The lowest BCUT2D eigenvalue weighted by molar-refractivity contribution is 0.0508. The van der Waals surface area contributed by atoms with E-state index >= 15 is 0 Å². The van der Waals surface area contributed by atoms with Crippen molar-refractivity contribution in [2.75, 3.05) is 47.2 Å². The van der Waals surface area contributed by atoms with Crippen LogP contribution in [0.3, 0.4) is 0 Å². The SMILES string of the molecule is COCOc1cccnc1.COc1cccnc1.c1cc2c(cn1)C1CNCC(C2)C1.c1cnc2c(c1)C1CNCC(C2)C1. The van der Waals surface area contributed by atoms with Crippen LogP contribution in [0.4, 0.5) is 0 Å². The molecular formula is C35H44N6O3. The highest BCUT2D eigenvalue weighted by atomic mass is 16.7. The Morgan fingerprint density at radius 2 is 1.34 bits per heavy atom. The van der Waals surface area contributed by atoms with Gasteiger partial charge in [-0.15, -0.1) is 0 Å². The number of piperidine rings is 2. The van der Waals surface area contributed by atoms with Crippen molar-refractivity contribution in [3.05, 3.63) is 108 Å². The molecule has 232 valence electrons. The van der Waals surface area contributed by atoms with Crippen molar-refractivity contribution >= 4 is 0 Å². The number of hydrogen-bond donors (Lipinski definition) is 2. The van der Waals surface area contributed by atoms with Crippen molar-refractivity contribution in [3.63, 3.8) is 0 Å². The van der Waals surface area contributed by atoms with E-state index in [9.17, 15) is 0 Å². The average Bonchev–Trinajstić information content (AvgIpc) is 3.09. The van der Waals surface area contributed by atoms with Crippen LogP contribution in [0, 0.1) is 11.8 Å². The van der Waals surface area contributed by atoms with E-state index in [1.165, 1.54) is 61.2 Å². The van der Waals surface area contributed by atoms with Crippen LogP contribution in [0.5, 0.6) is 11.5 Å². The van der Waals surface area contributed by atoms with Gasteiger partial charge in [0.15, 0.2) is 6.79 Å². The molecule has 0 spiro atoms. The quantitative estimate of drug-likeness (QED) is 0.321. The predicted molar refractivity (Wildman–Crippen MR) is 171 cm³/mol. The number of fused-ring (bicyclic) bond motifs is 8. The van der Waals surface area contributed by atoms with Gasteiger partial charge in [0.05, 0.1) is 19.5 Å². The van der Waals surface area contributed by atoms with Gasteiger partial charge in [0, 0.05) is 56.9 Å². The summed E-state index contributed by atoms with van der Waals surface area (Å²) < 4.78 is 14.6. The molecule has 2 N–H and O–H groups in total. The first-order valence-electron chi connectivity index (χ1n) is 15.5. The summed E-state index contributed by atoms with van der Waals surface area (Å²) in [6, 6.07) is 13.8. The molecule has 0 aromatic carbocycles.